The van der Waals surface area contributed by atoms with E-state index in [2.05, 4.69) is 5.32 Å². The summed E-state index contributed by atoms with van der Waals surface area (Å²) >= 11 is 0. The van der Waals surface area contributed by atoms with Crippen molar-refractivity contribution in [3.05, 3.63) is 23.8 Å². The van der Waals surface area contributed by atoms with Crippen molar-refractivity contribution >= 4 is 21.6 Å². The van der Waals surface area contributed by atoms with Crippen molar-refractivity contribution in [2.24, 2.45) is 0 Å². The Morgan fingerprint density at radius 1 is 1.30 bits per heavy atom. The summed E-state index contributed by atoms with van der Waals surface area (Å²) in [7, 11) is -4.19. The number of rotatable bonds is 6. The van der Waals surface area contributed by atoms with Gasteiger partial charge >= 0.3 is 0 Å². The quantitative estimate of drug-likeness (QED) is 0.660. The maximum absolute atomic E-state index is 13.4. The average Bonchev–Trinajstić information content (AvgIpc) is 2.33. The van der Waals surface area contributed by atoms with Gasteiger partial charge in [0.05, 0.1) is 5.69 Å². The molecule has 0 saturated heterocycles. The molecule has 1 rings (SSSR count). The number of amides is 1. The predicted octanol–water partition coefficient (Wildman–Crippen LogP) is 0.352. The minimum absolute atomic E-state index is 0.0919. The standard InChI is InChI=1S/C11H15F2N3O3S/c1-2-15-11(17)3-4-16-20(18,19)10-6-9(14)7(12)5-8(10)13/h5-6,16H,2-4,14H2,1H3,(H,15,17). The second-order valence-corrected chi connectivity index (χ2v) is 5.64. The van der Waals surface area contributed by atoms with E-state index < -0.39 is 32.2 Å². The number of nitrogen functional groups attached to an aromatic ring is 1. The van der Waals surface area contributed by atoms with Crippen LogP contribution in [0.3, 0.4) is 0 Å². The van der Waals surface area contributed by atoms with Crippen molar-refractivity contribution in [1.29, 1.82) is 0 Å². The molecule has 1 aromatic rings. The van der Waals surface area contributed by atoms with E-state index >= 15 is 0 Å². The fraction of sp³-hybridized carbons (Fsp3) is 0.364. The molecule has 0 aliphatic rings. The summed E-state index contributed by atoms with van der Waals surface area (Å²) in [5.41, 5.74) is 4.73. The van der Waals surface area contributed by atoms with Gasteiger partial charge in [-0.15, -0.1) is 0 Å². The first-order valence-corrected chi connectivity index (χ1v) is 7.27. The van der Waals surface area contributed by atoms with E-state index in [9.17, 15) is 22.0 Å². The lowest BCUT2D eigenvalue weighted by Crippen LogP contribution is -2.31. The van der Waals surface area contributed by atoms with Gasteiger partial charge in [-0.2, -0.15) is 0 Å². The van der Waals surface area contributed by atoms with Gasteiger partial charge in [0.2, 0.25) is 15.9 Å². The lowest BCUT2D eigenvalue weighted by molar-refractivity contribution is -0.120. The molecule has 4 N–H and O–H groups in total. The molecule has 0 saturated carbocycles. The highest BCUT2D eigenvalue weighted by atomic mass is 32.2. The first-order valence-electron chi connectivity index (χ1n) is 5.78. The van der Waals surface area contributed by atoms with Crippen LogP contribution in [0, 0.1) is 11.6 Å². The summed E-state index contributed by atoms with van der Waals surface area (Å²) < 4.78 is 52.0. The lowest BCUT2D eigenvalue weighted by Gasteiger charge is -2.09. The SMILES string of the molecule is CCNC(=O)CCNS(=O)(=O)c1cc(N)c(F)cc1F. The zero-order valence-electron chi connectivity index (χ0n) is 10.7. The number of carbonyl (C=O) groups excluding carboxylic acids is 1. The monoisotopic (exact) mass is 307 g/mol. The molecule has 0 fully saturated rings. The average molecular weight is 307 g/mol. The first kappa shape index (κ1) is 16.3. The molecular formula is C11H15F2N3O3S. The number of anilines is 1. The molecule has 0 aliphatic carbocycles. The van der Waals surface area contributed by atoms with Crippen LogP contribution in [-0.4, -0.2) is 27.4 Å². The highest BCUT2D eigenvalue weighted by Crippen LogP contribution is 2.20. The predicted molar refractivity (Wildman–Crippen MR) is 69.3 cm³/mol. The molecule has 0 heterocycles. The third kappa shape index (κ3) is 4.14. The molecule has 0 aromatic heterocycles. The summed E-state index contributed by atoms with van der Waals surface area (Å²) in [5, 5.41) is 2.48. The van der Waals surface area contributed by atoms with E-state index in [4.69, 9.17) is 5.73 Å². The molecule has 1 amide bonds. The van der Waals surface area contributed by atoms with Crippen molar-refractivity contribution in [3.63, 3.8) is 0 Å². The van der Waals surface area contributed by atoms with Crippen LogP contribution in [0.1, 0.15) is 13.3 Å². The number of hydrogen-bond acceptors (Lipinski definition) is 4. The molecule has 9 heteroatoms. The van der Waals surface area contributed by atoms with Crippen molar-refractivity contribution in [2.45, 2.75) is 18.2 Å². The Kier molecular flexibility index (Phi) is 5.40. The summed E-state index contributed by atoms with van der Waals surface area (Å²) in [6.45, 7) is 1.94. The number of hydrogen-bond donors (Lipinski definition) is 3. The van der Waals surface area contributed by atoms with Crippen LogP contribution in [0.15, 0.2) is 17.0 Å². The number of nitrogens with one attached hydrogen (secondary N) is 2. The third-order valence-corrected chi connectivity index (χ3v) is 3.83. The molecule has 1 aromatic carbocycles. The van der Waals surface area contributed by atoms with Gasteiger partial charge in [-0.1, -0.05) is 0 Å². The van der Waals surface area contributed by atoms with Gasteiger partial charge in [0, 0.05) is 25.6 Å². The minimum atomic E-state index is -4.19. The molecule has 0 aliphatic heterocycles. The molecule has 6 nitrogen and oxygen atoms in total. The smallest absolute Gasteiger partial charge is 0.243 e. The highest BCUT2D eigenvalue weighted by Gasteiger charge is 2.21. The van der Waals surface area contributed by atoms with E-state index in [1.165, 1.54) is 0 Å². The molecule has 0 bridgehead atoms. The Labute approximate surface area is 115 Å². The molecular weight excluding hydrogens is 292 g/mol. The van der Waals surface area contributed by atoms with E-state index in [1.54, 1.807) is 6.92 Å². The number of carbonyl (C=O) groups is 1. The summed E-state index contributed by atoms with van der Waals surface area (Å²) in [5.74, 6) is -2.62. The van der Waals surface area contributed by atoms with Crippen molar-refractivity contribution < 1.29 is 22.0 Å². The van der Waals surface area contributed by atoms with Gasteiger partial charge in [-0.05, 0) is 13.0 Å². The van der Waals surface area contributed by atoms with Crippen LogP contribution < -0.4 is 15.8 Å². The first-order chi connectivity index (χ1) is 9.27. The maximum Gasteiger partial charge on any atom is 0.243 e. The van der Waals surface area contributed by atoms with Crippen LogP contribution in [0.4, 0.5) is 14.5 Å². The zero-order valence-corrected chi connectivity index (χ0v) is 11.6. The van der Waals surface area contributed by atoms with Crippen LogP contribution >= 0.6 is 0 Å². The van der Waals surface area contributed by atoms with E-state index in [0.717, 1.165) is 0 Å². The Morgan fingerprint density at radius 2 is 1.95 bits per heavy atom. The summed E-state index contributed by atoms with van der Waals surface area (Å²) in [4.78, 5) is 10.4. The van der Waals surface area contributed by atoms with Gasteiger partial charge in [0.1, 0.15) is 16.5 Å². The molecule has 20 heavy (non-hydrogen) atoms. The number of benzene rings is 1. The largest absolute Gasteiger partial charge is 0.396 e. The van der Waals surface area contributed by atoms with Gasteiger partial charge in [-0.3, -0.25) is 4.79 Å². The molecule has 0 unspecified atom stereocenters. The van der Waals surface area contributed by atoms with Crippen molar-refractivity contribution in [3.8, 4) is 0 Å². The topological polar surface area (TPSA) is 101 Å². The fourth-order valence-corrected chi connectivity index (χ4v) is 2.54. The maximum atomic E-state index is 13.4. The third-order valence-electron chi connectivity index (χ3n) is 2.36. The second kappa shape index (κ2) is 6.62. The van der Waals surface area contributed by atoms with Gasteiger partial charge < -0.3 is 11.1 Å². The van der Waals surface area contributed by atoms with Crippen LogP contribution in [0.25, 0.3) is 0 Å². The Bertz CT molecular complexity index is 605. The van der Waals surface area contributed by atoms with E-state index in [1.807, 2.05) is 4.72 Å². The fourth-order valence-electron chi connectivity index (χ4n) is 1.41. The zero-order chi connectivity index (χ0) is 15.3. The highest BCUT2D eigenvalue weighted by molar-refractivity contribution is 7.89. The number of nitrogens with two attached hydrogens (primary N) is 1. The van der Waals surface area contributed by atoms with E-state index in [-0.39, 0.29) is 18.9 Å². The number of sulfonamides is 1. The second-order valence-electron chi connectivity index (χ2n) is 3.91. The summed E-state index contributed by atoms with van der Waals surface area (Å²) in [6, 6.07) is 1.09. The Morgan fingerprint density at radius 3 is 2.55 bits per heavy atom. The van der Waals surface area contributed by atoms with Gasteiger partial charge in [-0.25, -0.2) is 21.9 Å². The summed E-state index contributed by atoms with van der Waals surface area (Å²) in [6.07, 6.45) is -0.0919. The van der Waals surface area contributed by atoms with Crippen molar-refractivity contribution in [1.82, 2.24) is 10.0 Å². The van der Waals surface area contributed by atoms with Gasteiger partial charge in [0.25, 0.3) is 0 Å². The normalized spacial score (nSPS) is 11.3. The Hall–Kier alpha value is -1.74. The Balaban J connectivity index is 2.79. The van der Waals surface area contributed by atoms with Crippen LogP contribution in [0.5, 0.6) is 0 Å². The molecule has 0 spiro atoms. The number of halogens is 2. The molecule has 112 valence electrons. The van der Waals surface area contributed by atoms with Crippen LogP contribution in [-0.2, 0) is 14.8 Å². The molecule has 0 atom stereocenters. The molecule has 0 radical (unpaired) electrons. The van der Waals surface area contributed by atoms with E-state index in [0.29, 0.717) is 18.7 Å². The van der Waals surface area contributed by atoms with Crippen LogP contribution in [0.2, 0.25) is 0 Å². The minimum Gasteiger partial charge on any atom is -0.396 e. The van der Waals surface area contributed by atoms with Crippen molar-refractivity contribution in [2.75, 3.05) is 18.8 Å². The van der Waals surface area contributed by atoms with Gasteiger partial charge in [0.15, 0.2) is 0 Å². The lowest BCUT2D eigenvalue weighted by atomic mass is 10.3.